The van der Waals surface area contributed by atoms with Crippen molar-refractivity contribution in [3.05, 3.63) is 106 Å². The van der Waals surface area contributed by atoms with Gasteiger partial charge in [-0.1, -0.05) is 36.4 Å². The van der Waals surface area contributed by atoms with E-state index in [-0.39, 0.29) is 29.3 Å². The number of benzene rings is 3. The van der Waals surface area contributed by atoms with Gasteiger partial charge in [-0.3, -0.25) is 9.59 Å². The Bertz CT molecular complexity index is 1540. The van der Waals surface area contributed by atoms with Gasteiger partial charge in [-0.2, -0.15) is 0 Å². The second-order valence-corrected chi connectivity index (χ2v) is 9.81. The van der Waals surface area contributed by atoms with Crippen LogP contribution < -0.4 is 24.8 Å². The molecule has 7 nitrogen and oxygen atoms in total. The fraction of sp³-hybridized carbons (Fsp3) is 0.250. The lowest BCUT2D eigenvalue weighted by Crippen LogP contribution is -2.37. The molecule has 5 rings (SSSR count). The molecule has 0 spiro atoms. The van der Waals surface area contributed by atoms with E-state index in [1.807, 2.05) is 18.2 Å². The number of hydrogen-bond acceptors (Lipinski definition) is 6. The summed E-state index contributed by atoms with van der Waals surface area (Å²) in [6.45, 7) is 1.78. The van der Waals surface area contributed by atoms with Gasteiger partial charge in [0.1, 0.15) is 11.6 Å². The molecular formula is C32H31FN2O5. The third kappa shape index (κ3) is 4.93. The Balaban J connectivity index is 1.56. The second kappa shape index (κ2) is 11.3. The summed E-state index contributed by atoms with van der Waals surface area (Å²) in [7, 11) is 4.67. The van der Waals surface area contributed by atoms with Crippen molar-refractivity contribution in [2.24, 2.45) is 0 Å². The van der Waals surface area contributed by atoms with Crippen molar-refractivity contribution in [2.75, 3.05) is 26.6 Å². The lowest BCUT2D eigenvalue weighted by atomic mass is 9.71. The lowest BCUT2D eigenvalue weighted by Gasteiger charge is -2.37. The van der Waals surface area contributed by atoms with Crippen molar-refractivity contribution < 1.29 is 28.2 Å². The van der Waals surface area contributed by atoms with E-state index in [0.717, 1.165) is 5.56 Å². The topological polar surface area (TPSA) is 85.9 Å². The standard InChI is InChI=1S/C32H31FN2O5/c1-18-29(32(37)35-23-11-7-8-12-26(23)38-2)30(21-9-5-6-10-22(21)33)31-24(34-18)15-20(16-25(31)36)19-13-14-27(39-3)28(17-19)40-4/h5-14,17,20,30,34H,15-16H2,1-4H3,(H,35,37)/t20-,30+/m1/s1. The van der Waals surface area contributed by atoms with Crippen LogP contribution in [0.2, 0.25) is 0 Å². The Labute approximate surface area is 232 Å². The quantitative estimate of drug-likeness (QED) is 0.390. The minimum absolute atomic E-state index is 0.128. The Morgan fingerprint density at radius 1 is 0.900 bits per heavy atom. The van der Waals surface area contributed by atoms with Crippen LogP contribution in [0, 0.1) is 5.82 Å². The maximum atomic E-state index is 15.3. The number of nitrogens with one attached hydrogen (secondary N) is 2. The molecular weight excluding hydrogens is 511 g/mol. The highest BCUT2D eigenvalue weighted by atomic mass is 19.1. The number of hydrogen-bond donors (Lipinski definition) is 2. The van der Waals surface area contributed by atoms with Gasteiger partial charge in [0.2, 0.25) is 0 Å². The molecule has 0 saturated carbocycles. The van der Waals surface area contributed by atoms with Gasteiger partial charge in [-0.15, -0.1) is 0 Å². The number of rotatable bonds is 7. The Kier molecular flexibility index (Phi) is 7.60. The Morgan fingerprint density at radius 2 is 1.60 bits per heavy atom. The van der Waals surface area contributed by atoms with Crippen molar-refractivity contribution in [1.82, 2.24) is 5.32 Å². The molecule has 1 aliphatic heterocycles. The normalized spacial score (nSPS) is 18.6. The number of ketones is 1. The van der Waals surface area contributed by atoms with Crippen molar-refractivity contribution in [1.29, 1.82) is 0 Å². The molecule has 0 fully saturated rings. The number of allylic oxidation sites excluding steroid dienone is 3. The number of halogens is 1. The van der Waals surface area contributed by atoms with Crippen LogP contribution in [0.1, 0.15) is 42.7 Å². The highest BCUT2D eigenvalue weighted by molar-refractivity contribution is 6.10. The molecule has 3 aromatic carbocycles. The zero-order chi connectivity index (χ0) is 28.4. The summed E-state index contributed by atoms with van der Waals surface area (Å²) in [5, 5.41) is 6.24. The van der Waals surface area contributed by atoms with Crippen LogP contribution in [0.5, 0.6) is 17.2 Å². The first-order valence-electron chi connectivity index (χ1n) is 13.0. The maximum absolute atomic E-state index is 15.3. The van der Waals surface area contributed by atoms with Gasteiger partial charge in [0.25, 0.3) is 5.91 Å². The largest absolute Gasteiger partial charge is 0.495 e. The van der Waals surface area contributed by atoms with Gasteiger partial charge in [-0.05, 0) is 55.2 Å². The van der Waals surface area contributed by atoms with Crippen LogP contribution >= 0.6 is 0 Å². The minimum Gasteiger partial charge on any atom is -0.495 e. The second-order valence-electron chi connectivity index (χ2n) is 9.81. The van der Waals surface area contributed by atoms with Crippen molar-refractivity contribution in [2.45, 2.75) is 31.6 Å². The predicted molar refractivity (Wildman–Crippen MR) is 150 cm³/mol. The Hall–Kier alpha value is -4.59. The number of methoxy groups -OCH3 is 3. The van der Waals surface area contributed by atoms with E-state index in [9.17, 15) is 9.59 Å². The first kappa shape index (κ1) is 27.0. The van der Waals surface area contributed by atoms with Crippen molar-refractivity contribution in [3.63, 3.8) is 0 Å². The zero-order valence-electron chi connectivity index (χ0n) is 22.8. The molecule has 3 aromatic rings. The summed E-state index contributed by atoms with van der Waals surface area (Å²) < 4.78 is 31.5. The minimum atomic E-state index is -0.869. The lowest BCUT2D eigenvalue weighted by molar-refractivity contribution is -0.116. The van der Waals surface area contributed by atoms with Gasteiger partial charge >= 0.3 is 0 Å². The van der Waals surface area contributed by atoms with Crippen molar-refractivity contribution in [3.8, 4) is 17.2 Å². The molecule has 8 heteroatoms. The number of ether oxygens (including phenoxy) is 3. The van der Waals surface area contributed by atoms with Crippen LogP contribution in [0.15, 0.2) is 89.3 Å². The van der Waals surface area contributed by atoms with E-state index < -0.39 is 17.6 Å². The number of amides is 1. The fourth-order valence-electron chi connectivity index (χ4n) is 5.64. The molecule has 0 saturated heterocycles. The number of carbonyl (C=O) groups excluding carboxylic acids is 2. The molecule has 1 heterocycles. The summed E-state index contributed by atoms with van der Waals surface area (Å²) in [4.78, 5) is 27.7. The summed E-state index contributed by atoms with van der Waals surface area (Å²) >= 11 is 0. The summed E-state index contributed by atoms with van der Waals surface area (Å²) in [5.41, 5.74) is 3.63. The molecule has 2 aliphatic rings. The monoisotopic (exact) mass is 542 g/mol. The van der Waals surface area contributed by atoms with E-state index in [2.05, 4.69) is 10.6 Å². The van der Waals surface area contributed by atoms with Gasteiger partial charge in [0, 0.05) is 40.4 Å². The van der Waals surface area contributed by atoms with Gasteiger partial charge in [0.05, 0.1) is 27.0 Å². The fourth-order valence-corrected chi connectivity index (χ4v) is 5.64. The van der Waals surface area contributed by atoms with Crippen LogP contribution in [0.4, 0.5) is 10.1 Å². The van der Waals surface area contributed by atoms with Crippen molar-refractivity contribution >= 4 is 17.4 Å². The first-order chi connectivity index (χ1) is 19.4. The van der Waals surface area contributed by atoms with E-state index in [1.54, 1.807) is 63.6 Å². The average Bonchev–Trinajstić information content (AvgIpc) is 2.96. The number of anilines is 1. The molecule has 1 amide bonds. The highest BCUT2D eigenvalue weighted by Gasteiger charge is 2.42. The van der Waals surface area contributed by atoms with Crippen LogP contribution in [-0.4, -0.2) is 33.0 Å². The SMILES string of the molecule is COc1ccccc1NC(=O)C1=C(C)NC2=C(C(=O)C[C@H](c3ccc(OC)c(OC)c3)C2)[C@H]1c1ccccc1F. The summed E-state index contributed by atoms with van der Waals surface area (Å²) in [5.74, 6) is -0.380. The van der Waals surface area contributed by atoms with Gasteiger partial charge in [-0.25, -0.2) is 4.39 Å². The average molecular weight is 543 g/mol. The smallest absolute Gasteiger partial charge is 0.254 e. The van der Waals surface area contributed by atoms with E-state index in [4.69, 9.17) is 14.2 Å². The summed E-state index contributed by atoms with van der Waals surface area (Å²) in [6.07, 6.45) is 0.724. The molecule has 1 aliphatic carbocycles. The molecule has 0 aromatic heterocycles. The van der Waals surface area contributed by atoms with Crippen LogP contribution in [0.25, 0.3) is 0 Å². The molecule has 0 unspecified atom stereocenters. The number of Topliss-reactive ketones (excluding diaryl/α,β-unsaturated/α-hetero) is 1. The molecule has 2 atom stereocenters. The highest BCUT2D eigenvalue weighted by Crippen LogP contribution is 2.47. The number of dihydropyridines is 1. The molecule has 206 valence electrons. The first-order valence-corrected chi connectivity index (χ1v) is 13.0. The summed E-state index contributed by atoms with van der Waals surface area (Å²) in [6, 6.07) is 19.0. The third-order valence-corrected chi connectivity index (χ3v) is 7.52. The van der Waals surface area contributed by atoms with E-state index >= 15 is 4.39 Å². The molecule has 2 N–H and O–H groups in total. The van der Waals surface area contributed by atoms with Crippen LogP contribution in [0.3, 0.4) is 0 Å². The predicted octanol–water partition coefficient (Wildman–Crippen LogP) is 5.85. The molecule has 40 heavy (non-hydrogen) atoms. The van der Waals surface area contributed by atoms with Gasteiger partial charge in [0.15, 0.2) is 17.3 Å². The number of para-hydroxylation sites is 2. The third-order valence-electron chi connectivity index (χ3n) is 7.52. The molecule has 0 radical (unpaired) electrons. The van der Waals surface area contributed by atoms with Crippen LogP contribution in [-0.2, 0) is 9.59 Å². The Morgan fingerprint density at radius 3 is 2.33 bits per heavy atom. The van der Waals surface area contributed by atoms with E-state index in [1.165, 1.54) is 13.2 Å². The molecule has 0 bridgehead atoms. The van der Waals surface area contributed by atoms with Gasteiger partial charge < -0.3 is 24.8 Å². The number of carbonyl (C=O) groups is 2. The zero-order valence-corrected chi connectivity index (χ0v) is 22.8. The van der Waals surface area contributed by atoms with E-state index in [0.29, 0.717) is 46.3 Å². The maximum Gasteiger partial charge on any atom is 0.254 e.